The summed E-state index contributed by atoms with van der Waals surface area (Å²) in [6.45, 7) is 2.14. The predicted molar refractivity (Wildman–Crippen MR) is 66.9 cm³/mol. The lowest BCUT2D eigenvalue weighted by Gasteiger charge is -2.11. The van der Waals surface area contributed by atoms with Crippen molar-refractivity contribution in [3.63, 3.8) is 0 Å². The summed E-state index contributed by atoms with van der Waals surface area (Å²) in [6, 6.07) is 4.02. The topological polar surface area (TPSA) is 86.1 Å². The number of furan rings is 1. The Kier molecular flexibility index (Phi) is 3.66. The van der Waals surface area contributed by atoms with E-state index in [9.17, 15) is 4.79 Å². The van der Waals surface area contributed by atoms with Gasteiger partial charge in [-0.15, -0.1) is 0 Å². The number of hydrogen-bond acceptors (Lipinski definition) is 4. The summed E-state index contributed by atoms with van der Waals surface area (Å²) in [4.78, 5) is 10.7. The number of aromatic nitrogens is 2. The lowest BCUT2D eigenvalue weighted by atomic mass is 10.2. The number of anilines is 1. The van der Waals surface area contributed by atoms with E-state index in [-0.39, 0.29) is 12.6 Å². The molecule has 2 heterocycles. The third-order valence-corrected chi connectivity index (χ3v) is 2.45. The maximum atomic E-state index is 10.7. The Hall–Kier alpha value is -2.24. The van der Waals surface area contributed by atoms with E-state index < -0.39 is 5.91 Å². The minimum absolute atomic E-state index is 0.0915. The Balaban J connectivity index is 1.88. The molecule has 6 heteroatoms. The van der Waals surface area contributed by atoms with Crippen molar-refractivity contribution >= 4 is 11.6 Å². The standard InChI is InChI=1S/C12H16N4O2/c1-9(5-11-3-2-4-18-11)15-10-6-14-16(7-10)8-12(13)17/h2-4,6-7,9,15H,5,8H2,1H3,(H2,13,17). The largest absolute Gasteiger partial charge is 0.469 e. The van der Waals surface area contributed by atoms with E-state index in [1.54, 1.807) is 18.7 Å². The lowest BCUT2D eigenvalue weighted by Crippen LogP contribution is -2.19. The second kappa shape index (κ2) is 5.39. The zero-order valence-corrected chi connectivity index (χ0v) is 10.2. The van der Waals surface area contributed by atoms with Crippen LogP contribution in [-0.4, -0.2) is 21.7 Å². The Morgan fingerprint density at radius 1 is 1.67 bits per heavy atom. The zero-order valence-electron chi connectivity index (χ0n) is 10.2. The first-order valence-electron chi connectivity index (χ1n) is 5.73. The molecular formula is C12H16N4O2. The maximum Gasteiger partial charge on any atom is 0.239 e. The van der Waals surface area contributed by atoms with Crippen LogP contribution >= 0.6 is 0 Å². The van der Waals surface area contributed by atoms with Gasteiger partial charge in [-0.3, -0.25) is 9.48 Å². The van der Waals surface area contributed by atoms with Gasteiger partial charge in [0.1, 0.15) is 12.3 Å². The fourth-order valence-electron chi connectivity index (χ4n) is 1.75. The van der Waals surface area contributed by atoms with E-state index in [0.29, 0.717) is 0 Å². The highest BCUT2D eigenvalue weighted by Gasteiger charge is 2.07. The number of nitrogens with zero attached hydrogens (tertiary/aromatic N) is 2. The number of primary amides is 1. The van der Waals surface area contributed by atoms with Crippen molar-refractivity contribution in [2.24, 2.45) is 5.73 Å². The monoisotopic (exact) mass is 248 g/mol. The van der Waals surface area contributed by atoms with Crippen LogP contribution in [0.2, 0.25) is 0 Å². The van der Waals surface area contributed by atoms with Crippen LogP contribution in [0, 0.1) is 0 Å². The van der Waals surface area contributed by atoms with Gasteiger partial charge in [0.2, 0.25) is 5.91 Å². The minimum Gasteiger partial charge on any atom is -0.469 e. The maximum absolute atomic E-state index is 10.7. The fraction of sp³-hybridized carbons (Fsp3) is 0.333. The van der Waals surface area contributed by atoms with Gasteiger partial charge in [-0.05, 0) is 19.1 Å². The summed E-state index contributed by atoms with van der Waals surface area (Å²) in [7, 11) is 0. The fourth-order valence-corrected chi connectivity index (χ4v) is 1.75. The van der Waals surface area contributed by atoms with Crippen molar-refractivity contribution < 1.29 is 9.21 Å². The second-order valence-electron chi connectivity index (χ2n) is 4.22. The summed E-state index contributed by atoms with van der Waals surface area (Å²) in [5, 5.41) is 7.31. The van der Waals surface area contributed by atoms with E-state index in [0.717, 1.165) is 17.9 Å². The van der Waals surface area contributed by atoms with E-state index in [2.05, 4.69) is 10.4 Å². The van der Waals surface area contributed by atoms with E-state index in [1.807, 2.05) is 19.1 Å². The average Bonchev–Trinajstić information content (AvgIpc) is 2.89. The van der Waals surface area contributed by atoms with Gasteiger partial charge in [-0.1, -0.05) is 0 Å². The normalized spacial score (nSPS) is 12.3. The van der Waals surface area contributed by atoms with Gasteiger partial charge in [0, 0.05) is 18.7 Å². The molecule has 0 bridgehead atoms. The molecule has 2 aromatic rings. The van der Waals surface area contributed by atoms with Crippen molar-refractivity contribution in [1.82, 2.24) is 9.78 Å². The van der Waals surface area contributed by atoms with Crippen LogP contribution in [0.3, 0.4) is 0 Å². The van der Waals surface area contributed by atoms with Crippen molar-refractivity contribution in [2.75, 3.05) is 5.32 Å². The number of amides is 1. The Morgan fingerprint density at radius 2 is 2.50 bits per heavy atom. The highest BCUT2D eigenvalue weighted by molar-refractivity contribution is 5.73. The number of hydrogen-bond donors (Lipinski definition) is 2. The summed E-state index contributed by atoms with van der Waals surface area (Å²) in [5.74, 6) is 0.521. The number of carbonyl (C=O) groups is 1. The molecule has 0 saturated carbocycles. The number of nitrogens with one attached hydrogen (secondary N) is 1. The first-order valence-corrected chi connectivity index (χ1v) is 5.73. The molecule has 0 aromatic carbocycles. The van der Waals surface area contributed by atoms with Gasteiger partial charge in [-0.2, -0.15) is 5.10 Å². The molecule has 2 rings (SSSR count). The van der Waals surface area contributed by atoms with Gasteiger partial charge in [0.25, 0.3) is 0 Å². The van der Waals surface area contributed by atoms with Crippen molar-refractivity contribution in [3.8, 4) is 0 Å². The third kappa shape index (κ3) is 3.38. The van der Waals surface area contributed by atoms with Gasteiger partial charge in [-0.25, -0.2) is 0 Å². The van der Waals surface area contributed by atoms with Crippen molar-refractivity contribution in [1.29, 1.82) is 0 Å². The number of carbonyl (C=O) groups excluding carboxylic acids is 1. The Labute approximate surface area is 105 Å². The number of rotatable bonds is 6. The lowest BCUT2D eigenvalue weighted by molar-refractivity contribution is -0.118. The molecule has 2 aromatic heterocycles. The molecule has 0 spiro atoms. The molecule has 1 atom stereocenters. The van der Waals surface area contributed by atoms with Crippen LogP contribution < -0.4 is 11.1 Å². The average molecular weight is 248 g/mol. The summed E-state index contributed by atoms with van der Waals surface area (Å²) in [5.41, 5.74) is 5.95. The van der Waals surface area contributed by atoms with E-state index in [1.165, 1.54) is 4.68 Å². The molecule has 3 N–H and O–H groups in total. The SMILES string of the molecule is CC(Cc1ccco1)Nc1cnn(CC(N)=O)c1. The molecule has 6 nitrogen and oxygen atoms in total. The molecule has 0 radical (unpaired) electrons. The molecule has 0 aliphatic heterocycles. The summed E-state index contributed by atoms with van der Waals surface area (Å²) >= 11 is 0. The van der Waals surface area contributed by atoms with Gasteiger partial charge in [0.05, 0.1) is 18.1 Å². The molecule has 1 unspecified atom stereocenters. The number of nitrogens with two attached hydrogens (primary N) is 1. The first kappa shape index (κ1) is 12.2. The first-order chi connectivity index (χ1) is 8.63. The molecular weight excluding hydrogens is 232 g/mol. The Bertz CT molecular complexity index is 504. The summed E-state index contributed by atoms with van der Waals surface area (Å²) < 4.78 is 6.78. The molecule has 96 valence electrons. The minimum atomic E-state index is -0.409. The van der Waals surface area contributed by atoms with E-state index >= 15 is 0 Å². The summed E-state index contributed by atoms with van der Waals surface area (Å²) in [6.07, 6.45) is 5.87. The van der Waals surface area contributed by atoms with Gasteiger partial charge < -0.3 is 15.5 Å². The predicted octanol–water partition coefficient (Wildman–Crippen LogP) is 1.00. The molecule has 0 aliphatic carbocycles. The van der Waals surface area contributed by atoms with Crippen LogP contribution in [0.15, 0.2) is 35.2 Å². The quantitative estimate of drug-likeness (QED) is 0.798. The van der Waals surface area contributed by atoms with E-state index in [4.69, 9.17) is 10.2 Å². The van der Waals surface area contributed by atoms with Gasteiger partial charge in [0.15, 0.2) is 0 Å². The molecule has 0 fully saturated rings. The smallest absolute Gasteiger partial charge is 0.239 e. The second-order valence-corrected chi connectivity index (χ2v) is 4.22. The molecule has 0 aliphatic rings. The van der Waals surface area contributed by atoms with Crippen LogP contribution in [0.5, 0.6) is 0 Å². The van der Waals surface area contributed by atoms with Crippen LogP contribution in [-0.2, 0) is 17.8 Å². The molecule has 0 saturated heterocycles. The van der Waals surface area contributed by atoms with Crippen LogP contribution in [0.1, 0.15) is 12.7 Å². The van der Waals surface area contributed by atoms with Crippen LogP contribution in [0.25, 0.3) is 0 Å². The highest BCUT2D eigenvalue weighted by atomic mass is 16.3. The van der Waals surface area contributed by atoms with Gasteiger partial charge >= 0.3 is 0 Å². The molecule has 1 amide bonds. The molecule has 18 heavy (non-hydrogen) atoms. The zero-order chi connectivity index (χ0) is 13.0. The van der Waals surface area contributed by atoms with Crippen LogP contribution in [0.4, 0.5) is 5.69 Å². The van der Waals surface area contributed by atoms with Crippen molar-refractivity contribution in [3.05, 3.63) is 36.5 Å². The van der Waals surface area contributed by atoms with Crippen molar-refractivity contribution in [2.45, 2.75) is 25.9 Å². The Morgan fingerprint density at radius 3 is 3.17 bits per heavy atom. The highest BCUT2D eigenvalue weighted by Crippen LogP contribution is 2.10. The third-order valence-electron chi connectivity index (χ3n) is 2.45.